The summed E-state index contributed by atoms with van der Waals surface area (Å²) in [6.45, 7) is 9.55. The van der Waals surface area contributed by atoms with Crippen LogP contribution in [0.15, 0.2) is 98.8 Å². The molecule has 2 atom stereocenters. The molecule has 46 heavy (non-hydrogen) atoms. The Morgan fingerprint density at radius 3 is 2.35 bits per heavy atom. The van der Waals surface area contributed by atoms with E-state index in [1.54, 1.807) is 0 Å². The smallest absolute Gasteiger partial charge is 0.231 e. The molecule has 2 aromatic carbocycles. The molecule has 3 N–H and O–H groups in total. The maximum absolute atomic E-state index is 12.5. The van der Waals surface area contributed by atoms with Gasteiger partial charge in [-0.25, -0.2) is 20.2 Å². The molecular weight excluding hydrogens is 590 g/mol. The number of hydrogen-bond acceptors (Lipinski definition) is 10. The van der Waals surface area contributed by atoms with E-state index >= 15 is 0 Å². The van der Waals surface area contributed by atoms with E-state index in [2.05, 4.69) is 10.6 Å². The van der Waals surface area contributed by atoms with Crippen LogP contribution in [0.4, 0.5) is 5.69 Å². The van der Waals surface area contributed by atoms with Crippen LogP contribution in [0.25, 0.3) is 11.1 Å². The lowest BCUT2D eigenvalue weighted by Crippen LogP contribution is -2.48. The highest BCUT2D eigenvalue weighted by Gasteiger charge is 2.44. The summed E-state index contributed by atoms with van der Waals surface area (Å²) in [5.41, 5.74) is 5.21. The Kier molecular flexibility index (Phi) is 9.29. The Morgan fingerprint density at radius 2 is 1.70 bits per heavy atom. The molecule has 4 aliphatic rings. The lowest BCUT2D eigenvalue weighted by molar-refractivity contribution is -0.119. The number of ether oxygens (including phenoxy) is 4. The number of allylic oxidation sites excluding steroid dienone is 1. The molecule has 12 nitrogen and oxygen atoms in total. The van der Waals surface area contributed by atoms with Crippen molar-refractivity contribution >= 4 is 35.0 Å². The molecule has 0 saturated carbocycles. The standard InChI is InChI=1S/C33H32N4O6.CHNO/c1-6-40-24-15-22-26(13-17(24)3)42-32-28(34-18(4)38)31-33(29(30(32)36-22)35-19(5)39)43-27-14-21(20-11-9-8-10-12-20)25(41-7-2)16-23(27)37-31;2-1-3/h8-16,26,33H,6-7H2,1-5H3,(H,34,38)(H,35,39);2H. The molecule has 6 rings (SSSR count). The van der Waals surface area contributed by atoms with E-state index < -0.39 is 12.2 Å². The Balaban J connectivity index is 0.00000134. The number of rotatable bonds is 7. The number of amides is 2. The van der Waals surface area contributed by atoms with Crippen molar-refractivity contribution < 1.29 is 33.3 Å². The fraction of sp³-hybridized carbons (Fsp3) is 0.265. The first kappa shape index (κ1) is 31.7. The van der Waals surface area contributed by atoms with Crippen LogP contribution in [0.1, 0.15) is 34.6 Å². The number of isocyanates is 1. The number of hydrogen-bond donors (Lipinski definition) is 3. The average Bonchev–Trinajstić information content (AvgIpc) is 3.02. The first-order valence-electron chi connectivity index (χ1n) is 14.7. The van der Waals surface area contributed by atoms with E-state index in [0.717, 1.165) is 22.8 Å². The second kappa shape index (κ2) is 13.5. The summed E-state index contributed by atoms with van der Waals surface area (Å²) >= 11 is 0. The molecule has 2 aliphatic heterocycles. The molecule has 0 radical (unpaired) electrons. The number of nitrogens with zero attached hydrogens (tertiary/aromatic N) is 2. The Hall–Kier alpha value is -5.74. The fourth-order valence-electron chi connectivity index (χ4n) is 5.40. The molecule has 0 fully saturated rings. The maximum Gasteiger partial charge on any atom is 0.231 e. The van der Waals surface area contributed by atoms with Crippen LogP contribution < -0.4 is 20.1 Å². The summed E-state index contributed by atoms with van der Waals surface area (Å²) in [5.74, 6) is 1.47. The van der Waals surface area contributed by atoms with E-state index in [1.165, 1.54) is 13.8 Å². The molecular formula is C34H33N5O7. The first-order chi connectivity index (χ1) is 22.2. The number of benzene rings is 2. The van der Waals surface area contributed by atoms with E-state index in [0.29, 0.717) is 64.7 Å². The zero-order chi connectivity index (χ0) is 33.0. The third kappa shape index (κ3) is 6.24. The van der Waals surface area contributed by atoms with Crippen LogP contribution in [0.5, 0.6) is 11.5 Å². The van der Waals surface area contributed by atoms with Gasteiger partial charge in [-0.3, -0.25) is 9.59 Å². The van der Waals surface area contributed by atoms with Gasteiger partial charge in [0.15, 0.2) is 18.0 Å². The lowest BCUT2D eigenvalue weighted by Gasteiger charge is -2.38. The summed E-state index contributed by atoms with van der Waals surface area (Å²) < 4.78 is 24.9. The predicted octanol–water partition coefficient (Wildman–Crippen LogP) is 4.92. The monoisotopic (exact) mass is 623 g/mol. The van der Waals surface area contributed by atoms with Crippen molar-refractivity contribution in [2.45, 2.75) is 46.8 Å². The minimum atomic E-state index is -0.890. The summed E-state index contributed by atoms with van der Waals surface area (Å²) in [6.07, 6.45) is 3.08. The van der Waals surface area contributed by atoms with Crippen molar-refractivity contribution in [1.82, 2.24) is 10.6 Å². The summed E-state index contributed by atoms with van der Waals surface area (Å²) in [6, 6.07) is 13.6. The van der Waals surface area contributed by atoms with Gasteiger partial charge in [0.1, 0.15) is 40.1 Å². The number of carbonyl (C=O) groups excluding carboxylic acids is 3. The van der Waals surface area contributed by atoms with Crippen molar-refractivity contribution in [2.75, 3.05) is 13.2 Å². The predicted molar refractivity (Wildman–Crippen MR) is 170 cm³/mol. The van der Waals surface area contributed by atoms with Gasteiger partial charge in [-0.1, -0.05) is 30.3 Å². The molecule has 2 aromatic rings. The molecule has 0 spiro atoms. The highest BCUT2D eigenvalue weighted by molar-refractivity contribution is 6.13. The molecule has 236 valence electrons. The zero-order valence-corrected chi connectivity index (χ0v) is 26.0. The lowest BCUT2D eigenvalue weighted by atomic mass is 9.93. The Labute approximate surface area is 265 Å². The van der Waals surface area contributed by atoms with Gasteiger partial charge in [0.25, 0.3) is 0 Å². The van der Waals surface area contributed by atoms with Gasteiger partial charge in [0, 0.05) is 31.6 Å². The van der Waals surface area contributed by atoms with Gasteiger partial charge in [-0.15, -0.1) is 0 Å². The minimum Gasteiger partial charge on any atom is -0.494 e. The van der Waals surface area contributed by atoms with Gasteiger partial charge < -0.3 is 29.6 Å². The molecule has 0 bridgehead atoms. The van der Waals surface area contributed by atoms with E-state index in [1.807, 2.05) is 75.4 Å². The Morgan fingerprint density at radius 1 is 1.00 bits per heavy atom. The molecule has 12 heteroatoms. The van der Waals surface area contributed by atoms with Crippen LogP contribution >= 0.6 is 0 Å². The van der Waals surface area contributed by atoms with E-state index in [9.17, 15) is 9.59 Å². The number of fused-ring (bicyclic) bond motifs is 4. The Bertz CT molecular complexity index is 1810. The second-order valence-electron chi connectivity index (χ2n) is 10.4. The van der Waals surface area contributed by atoms with Crippen LogP contribution in [0.2, 0.25) is 0 Å². The van der Waals surface area contributed by atoms with E-state index in [4.69, 9.17) is 39.1 Å². The first-order valence-corrected chi connectivity index (χ1v) is 14.7. The van der Waals surface area contributed by atoms with Crippen LogP contribution in [-0.2, 0) is 23.9 Å². The molecule has 0 aromatic heterocycles. The van der Waals surface area contributed by atoms with Crippen molar-refractivity contribution in [1.29, 1.82) is 5.41 Å². The number of carbonyl (C=O) groups is 2. The molecule has 2 unspecified atom stereocenters. The SMILES string of the molecule is CCOC1=CC2=NC3=C(NC(C)=O)C4Oc5cc(-c6ccccc6)c(OCC)cc5N=C4C(NC(C)=O)=C3OC2C=C1C.N=C=O. The van der Waals surface area contributed by atoms with Gasteiger partial charge in [0.2, 0.25) is 17.9 Å². The van der Waals surface area contributed by atoms with Crippen molar-refractivity contribution in [3.8, 4) is 22.6 Å². The second-order valence-corrected chi connectivity index (χ2v) is 10.4. The summed E-state index contributed by atoms with van der Waals surface area (Å²) in [7, 11) is 0. The topological polar surface area (TPSA) is 161 Å². The van der Waals surface area contributed by atoms with Gasteiger partial charge in [-0.05, 0) is 44.1 Å². The van der Waals surface area contributed by atoms with Crippen molar-refractivity contribution in [3.05, 3.63) is 88.8 Å². The van der Waals surface area contributed by atoms with Crippen LogP contribution in [-0.4, -0.2) is 54.7 Å². The van der Waals surface area contributed by atoms with Crippen molar-refractivity contribution in [2.24, 2.45) is 9.98 Å². The largest absolute Gasteiger partial charge is 0.494 e. The van der Waals surface area contributed by atoms with Gasteiger partial charge in [0.05, 0.1) is 24.6 Å². The number of aliphatic imine (C=N–C) groups is 2. The average molecular weight is 624 g/mol. The third-order valence-corrected chi connectivity index (χ3v) is 7.15. The van der Waals surface area contributed by atoms with Crippen LogP contribution in [0.3, 0.4) is 0 Å². The van der Waals surface area contributed by atoms with Gasteiger partial charge >= 0.3 is 0 Å². The third-order valence-electron chi connectivity index (χ3n) is 7.15. The molecule has 2 heterocycles. The fourth-order valence-corrected chi connectivity index (χ4v) is 5.40. The minimum absolute atomic E-state index is 0.290. The number of nitrogens with one attached hydrogen (secondary N) is 3. The summed E-state index contributed by atoms with van der Waals surface area (Å²) in [5, 5.41) is 11.2. The molecule has 0 saturated heterocycles. The highest BCUT2D eigenvalue weighted by Crippen LogP contribution is 2.46. The van der Waals surface area contributed by atoms with Crippen LogP contribution in [0, 0.1) is 5.41 Å². The molecule has 2 aliphatic carbocycles. The normalized spacial score (nSPS) is 18.8. The maximum atomic E-state index is 12.5. The van der Waals surface area contributed by atoms with Crippen molar-refractivity contribution in [3.63, 3.8) is 0 Å². The summed E-state index contributed by atoms with van der Waals surface area (Å²) in [4.78, 5) is 43.2. The van der Waals surface area contributed by atoms with Gasteiger partial charge in [-0.2, -0.15) is 0 Å². The van der Waals surface area contributed by atoms with E-state index in [-0.39, 0.29) is 17.6 Å². The molecule has 2 amide bonds. The quantitative estimate of drug-likeness (QED) is 0.292. The highest BCUT2D eigenvalue weighted by atomic mass is 16.5. The zero-order valence-electron chi connectivity index (χ0n) is 26.0.